The van der Waals surface area contributed by atoms with Gasteiger partial charge in [0.1, 0.15) is 5.54 Å². The number of benzene rings is 2. The van der Waals surface area contributed by atoms with Crippen molar-refractivity contribution in [1.29, 1.82) is 0 Å². The van der Waals surface area contributed by atoms with Crippen LogP contribution in [0.1, 0.15) is 24.5 Å². The van der Waals surface area contributed by atoms with Crippen LogP contribution >= 0.6 is 12.2 Å². The fourth-order valence-electron chi connectivity index (χ4n) is 2.96. The van der Waals surface area contributed by atoms with Gasteiger partial charge in [0.05, 0.1) is 0 Å². The number of carbonyl (C=O) groups excluding carboxylic acids is 2. The first-order valence-corrected chi connectivity index (χ1v) is 9.14. The lowest BCUT2D eigenvalue weighted by Crippen LogP contribution is -2.50. The summed E-state index contributed by atoms with van der Waals surface area (Å²) in [6, 6.07) is 17.0. The number of imide groups is 1. The number of aryl methyl sites for hydroxylation is 2. The molecule has 0 radical (unpaired) electrons. The maximum Gasteiger partial charge on any atom is 0.344 e. The van der Waals surface area contributed by atoms with Crippen LogP contribution in [0.25, 0.3) is 0 Å². The molecule has 1 fully saturated rings. The van der Waals surface area contributed by atoms with Crippen LogP contribution in [0, 0.1) is 6.92 Å². The molecule has 0 bridgehead atoms. The molecule has 1 aliphatic rings. The zero-order valence-corrected chi connectivity index (χ0v) is 16.1. The van der Waals surface area contributed by atoms with Gasteiger partial charge in [0.25, 0.3) is 5.91 Å². The first-order chi connectivity index (χ1) is 12.9. The number of rotatable bonds is 5. The summed E-state index contributed by atoms with van der Waals surface area (Å²) in [4.78, 5) is 25.1. The number of para-hydroxylation sites is 1. The zero-order valence-electron chi connectivity index (χ0n) is 15.3. The van der Waals surface area contributed by atoms with Crippen molar-refractivity contribution >= 4 is 35.0 Å². The third-order valence-electron chi connectivity index (χ3n) is 4.62. The minimum absolute atomic E-state index is 0.181. The van der Waals surface area contributed by atoms with Gasteiger partial charge in [0, 0.05) is 5.69 Å². The van der Waals surface area contributed by atoms with E-state index in [1.165, 1.54) is 0 Å². The Balaban J connectivity index is 1.63. The van der Waals surface area contributed by atoms with Crippen LogP contribution in [0.3, 0.4) is 0 Å². The van der Waals surface area contributed by atoms with Crippen LogP contribution < -0.4 is 16.1 Å². The summed E-state index contributed by atoms with van der Waals surface area (Å²) < 4.78 is 0. The van der Waals surface area contributed by atoms with Gasteiger partial charge in [-0.05, 0) is 56.1 Å². The molecule has 6 nitrogen and oxygen atoms in total. The van der Waals surface area contributed by atoms with E-state index in [1.54, 1.807) is 6.92 Å². The van der Waals surface area contributed by atoms with E-state index in [4.69, 9.17) is 12.2 Å². The molecule has 3 N–H and O–H groups in total. The molecule has 0 spiro atoms. The normalized spacial score (nSPS) is 19.0. The Bertz CT molecular complexity index is 871. The van der Waals surface area contributed by atoms with E-state index in [0.29, 0.717) is 12.8 Å². The second kappa shape index (κ2) is 7.75. The maximum atomic E-state index is 12.8. The van der Waals surface area contributed by atoms with Crippen LogP contribution in [0.2, 0.25) is 0 Å². The number of thiocarbonyl (C=S) groups is 1. The lowest BCUT2D eigenvalue weighted by Gasteiger charge is -2.22. The largest absolute Gasteiger partial charge is 0.344 e. The first kappa shape index (κ1) is 18.8. The van der Waals surface area contributed by atoms with E-state index in [2.05, 4.69) is 16.1 Å². The van der Waals surface area contributed by atoms with Gasteiger partial charge < -0.3 is 10.6 Å². The predicted octanol–water partition coefficient (Wildman–Crippen LogP) is 3.14. The SMILES string of the molecule is Cc1ccccc1NC(=S)NN1C(=O)N[C@@](C)(CCc2ccccc2)C1=O. The third kappa shape index (κ3) is 4.25. The summed E-state index contributed by atoms with van der Waals surface area (Å²) in [5.74, 6) is -0.350. The van der Waals surface area contributed by atoms with Crippen LogP contribution in [-0.4, -0.2) is 27.6 Å². The Kier molecular flexibility index (Phi) is 5.41. The van der Waals surface area contributed by atoms with E-state index in [1.807, 2.05) is 61.5 Å². The minimum Gasteiger partial charge on any atom is -0.331 e. The molecule has 3 rings (SSSR count). The van der Waals surface area contributed by atoms with Crippen molar-refractivity contribution in [2.75, 3.05) is 5.32 Å². The number of hydrogen-bond acceptors (Lipinski definition) is 3. The Hall–Kier alpha value is -2.93. The number of hydrogen-bond donors (Lipinski definition) is 3. The highest BCUT2D eigenvalue weighted by Crippen LogP contribution is 2.22. The van der Waals surface area contributed by atoms with Crippen molar-refractivity contribution < 1.29 is 9.59 Å². The lowest BCUT2D eigenvalue weighted by atomic mass is 9.93. The fraction of sp³-hybridized carbons (Fsp3) is 0.250. The summed E-state index contributed by atoms with van der Waals surface area (Å²) in [5, 5.41) is 6.90. The molecular weight excluding hydrogens is 360 g/mol. The van der Waals surface area contributed by atoms with Gasteiger partial charge in [-0.3, -0.25) is 10.2 Å². The van der Waals surface area contributed by atoms with Crippen LogP contribution in [0.5, 0.6) is 0 Å². The summed E-state index contributed by atoms with van der Waals surface area (Å²) >= 11 is 5.26. The van der Waals surface area contributed by atoms with Gasteiger partial charge in [-0.1, -0.05) is 48.5 Å². The first-order valence-electron chi connectivity index (χ1n) is 8.73. The Morgan fingerprint density at radius 2 is 1.78 bits per heavy atom. The molecule has 7 heteroatoms. The molecule has 1 saturated heterocycles. The second-order valence-electron chi connectivity index (χ2n) is 6.77. The Morgan fingerprint density at radius 1 is 1.11 bits per heavy atom. The van der Waals surface area contributed by atoms with E-state index < -0.39 is 11.6 Å². The maximum absolute atomic E-state index is 12.8. The van der Waals surface area contributed by atoms with Crippen LogP contribution in [-0.2, 0) is 11.2 Å². The monoisotopic (exact) mass is 382 g/mol. The molecule has 2 aromatic carbocycles. The average Bonchev–Trinajstić information content (AvgIpc) is 2.86. The minimum atomic E-state index is -0.974. The van der Waals surface area contributed by atoms with Gasteiger partial charge in [-0.2, -0.15) is 5.01 Å². The molecule has 0 aromatic heterocycles. The van der Waals surface area contributed by atoms with E-state index in [9.17, 15) is 9.59 Å². The topological polar surface area (TPSA) is 73.5 Å². The van der Waals surface area contributed by atoms with Crippen molar-refractivity contribution in [1.82, 2.24) is 15.8 Å². The third-order valence-corrected chi connectivity index (χ3v) is 4.82. The smallest absolute Gasteiger partial charge is 0.331 e. The lowest BCUT2D eigenvalue weighted by molar-refractivity contribution is -0.132. The Morgan fingerprint density at radius 3 is 2.48 bits per heavy atom. The predicted molar refractivity (Wildman–Crippen MR) is 109 cm³/mol. The molecule has 0 saturated carbocycles. The number of carbonyl (C=O) groups is 2. The number of nitrogens with one attached hydrogen (secondary N) is 3. The van der Waals surface area contributed by atoms with Crippen molar-refractivity contribution in [2.24, 2.45) is 0 Å². The highest BCUT2D eigenvalue weighted by molar-refractivity contribution is 7.80. The van der Waals surface area contributed by atoms with Gasteiger partial charge in [0.15, 0.2) is 5.11 Å². The van der Waals surface area contributed by atoms with E-state index in [-0.39, 0.29) is 11.0 Å². The molecule has 1 heterocycles. The summed E-state index contributed by atoms with van der Waals surface area (Å²) in [7, 11) is 0. The number of hydrazine groups is 1. The zero-order chi connectivity index (χ0) is 19.4. The molecule has 0 unspecified atom stereocenters. The van der Waals surface area contributed by atoms with Crippen molar-refractivity contribution in [3.63, 3.8) is 0 Å². The summed E-state index contributed by atoms with van der Waals surface area (Å²) in [5.41, 5.74) is 4.66. The Labute approximate surface area is 163 Å². The standard InChI is InChI=1S/C20H22N4O2S/c1-14-8-6-7-11-16(14)21-18(27)23-24-17(25)20(2,22-19(24)26)13-12-15-9-4-3-5-10-15/h3-11H,12-13H2,1-2H3,(H,22,26)(H2,21,23,27)/t20-/m0/s1. The van der Waals surface area contributed by atoms with Gasteiger partial charge in [-0.25, -0.2) is 4.79 Å². The summed E-state index contributed by atoms with van der Waals surface area (Å²) in [6.45, 7) is 3.68. The quantitative estimate of drug-likeness (QED) is 0.547. The number of urea groups is 1. The van der Waals surface area contributed by atoms with E-state index in [0.717, 1.165) is 21.8 Å². The summed E-state index contributed by atoms with van der Waals surface area (Å²) in [6.07, 6.45) is 1.18. The molecule has 1 aliphatic heterocycles. The molecule has 3 amide bonds. The molecule has 2 aromatic rings. The molecule has 0 aliphatic carbocycles. The molecule has 1 atom stereocenters. The van der Waals surface area contributed by atoms with Gasteiger partial charge >= 0.3 is 6.03 Å². The molecule has 140 valence electrons. The second-order valence-corrected chi connectivity index (χ2v) is 7.18. The highest BCUT2D eigenvalue weighted by Gasteiger charge is 2.48. The molecular formula is C20H22N4O2S. The average molecular weight is 382 g/mol. The van der Waals surface area contributed by atoms with Crippen molar-refractivity contribution in [3.05, 3.63) is 65.7 Å². The van der Waals surface area contributed by atoms with Gasteiger partial charge in [-0.15, -0.1) is 0 Å². The number of anilines is 1. The fourth-order valence-corrected chi connectivity index (χ4v) is 3.16. The number of amides is 3. The van der Waals surface area contributed by atoms with Crippen molar-refractivity contribution in [2.45, 2.75) is 32.2 Å². The highest BCUT2D eigenvalue weighted by atomic mass is 32.1. The molecule has 27 heavy (non-hydrogen) atoms. The van der Waals surface area contributed by atoms with Gasteiger partial charge in [0.2, 0.25) is 0 Å². The van der Waals surface area contributed by atoms with Crippen LogP contribution in [0.15, 0.2) is 54.6 Å². The van der Waals surface area contributed by atoms with Crippen molar-refractivity contribution in [3.8, 4) is 0 Å². The van der Waals surface area contributed by atoms with E-state index >= 15 is 0 Å². The number of nitrogens with zero attached hydrogens (tertiary/aromatic N) is 1. The van der Waals surface area contributed by atoms with Crippen LogP contribution in [0.4, 0.5) is 10.5 Å².